The van der Waals surface area contributed by atoms with Crippen LogP contribution >= 0.6 is 0 Å². The van der Waals surface area contributed by atoms with Gasteiger partial charge < -0.3 is 15.4 Å². The first-order valence-electron chi connectivity index (χ1n) is 11.8. The SMILES string of the molecule is CC(CC(C)C(C)C)NC(=O)C(C)(C)COC(C)(C)CCNC(=O)CCC(=O)C(C)C. The molecule has 0 aromatic heterocycles. The van der Waals surface area contributed by atoms with Crippen molar-refractivity contribution in [2.75, 3.05) is 13.2 Å². The number of ketones is 1. The van der Waals surface area contributed by atoms with Crippen molar-refractivity contribution in [3.8, 4) is 0 Å². The summed E-state index contributed by atoms with van der Waals surface area (Å²) in [7, 11) is 0. The number of hydrogen-bond donors (Lipinski definition) is 2. The van der Waals surface area contributed by atoms with Crippen LogP contribution in [-0.2, 0) is 19.1 Å². The zero-order valence-corrected chi connectivity index (χ0v) is 21.7. The Balaban J connectivity index is 4.40. The van der Waals surface area contributed by atoms with Crippen molar-refractivity contribution in [3.05, 3.63) is 0 Å². The first-order valence-corrected chi connectivity index (χ1v) is 11.8. The van der Waals surface area contributed by atoms with Crippen LogP contribution < -0.4 is 10.6 Å². The zero-order valence-electron chi connectivity index (χ0n) is 21.7. The van der Waals surface area contributed by atoms with E-state index in [4.69, 9.17) is 4.74 Å². The standard InChI is InChI=1S/C25H48N2O4/c1-17(2)19(5)15-20(6)27-23(30)24(7,8)16-31-25(9,10)13-14-26-22(29)12-11-21(28)18(3)4/h17-20H,11-16H2,1-10H3,(H,26,29)(H,27,30). The third kappa shape index (κ3) is 12.9. The van der Waals surface area contributed by atoms with Crippen LogP contribution in [-0.4, -0.2) is 42.4 Å². The van der Waals surface area contributed by atoms with E-state index in [1.54, 1.807) is 0 Å². The van der Waals surface area contributed by atoms with Crippen molar-refractivity contribution in [3.63, 3.8) is 0 Å². The Kier molecular flexibility index (Phi) is 12.6. The summed E-state index contributed by atoms with van der Waals surface area (Å²) in [6.07, 6.45) is 2.07. The van der Waals surface area contributed by atoms with Crippen molar-refractivity contribution in [2.24, 2.45) is 23.2 Å². The maximum Gasteiger partial charge on any atom is 0.228 e. The number of hydrogen-bond acceptors (Lipinski definition) is 4. The summed E-state index contributed by atoms with van der Waals surface area (Å²) in [5.74, 6) is 1.08. The molecule has 182 valence electrons. The van der Waals surface area contributed by atoms with Crippen LogP contribution in [0.3, 0.4) is 0 Å². The van der Waals surface area contributed by atoms with E-state index in [2.05, 4.69) is 38.3 Å². The van der Waals surface area contributed by atoms with E-state index in [0.29, 0.717) is 31.4 Å². The molecule has 6 nitrogen and oxygen atoms in total. The molecule has 6 heteroatoms. The van der Waals surface area contributed by atoms with Gasteiger partial charge in [0.05, 0.1) is 17.6 Å². The van der Waals surface area contributed by atoms with Gasteiger partial charge in [-0.05, 0) is 59.3 Å². The lowest BCUT2D eigenvalue weighted by atomic mass is 9.89. The molecule has 0 aromatic rings. The van der Waals surface area contributed by atoms with E-state index < -0.39 is 11.0 Å². The van der Waals surface area contributed by atoms with Gasteiger partial charge in [0.1, 0.15) is 5.78 Å². The van der Waals surface area contributed by atoms with Gasteiger partial charge in [-0.2, -0.15) is 0 Å². The van der Waals surface area contributed by atoms with E-state index in [1.165, 1.54) is 0 Å². The molecule has 2 atom stereocenters. The second-order valence-corrected chi connectivity index (χ2v) is 11.0. The highest BCUT2D eigenvalue weighted by Gasteiger charge is 2.32. The molecule has 31 heavy (non-hydrogen) atoms. The largest absolute Gasteiger partial charge is 0.374 e. The summed E-state index contributed by atoms with van der Waals surface area (Å²) < 4.78 is 6.06. The smallest absolute Gasteiger partial charge is 0.228 e. The Morgan fingerprint density at radius 1 is 0.903 bits per heavy atom. The highest BCUT2D eigenvalue weighted by molar-refractivity contribution is 5.86. The minimum atomic E-state index is -0.646. The molecule has 0 aliphatic rings. The number of rotatable bonds is 15. The monoisotopic (exact) mass is 440 g/mol. The summed E-state index contributed by atoms with van der Waals surface area (Å²) in [6.45, 7) is 20.8. The van der Waals surface area contributed by atoms with Crippen molar-refractivity contribution in [1.29, 1.82) is 0 Å². The topological polar surface area (TPSA) is 84.5 Å². The molecule has 2 N–H and O–H groups in total. The molecule has 0 aliphatic heterocycles. The predicted molar refractivity (Wildman–Crippen MR) is 127 cm³/mol. The highest BCUT2D eigenvalue weighted by Crippen LogP contribution is 2.23. The van der Waals surface area contributed by atoms with Gasteiger partial charge in [0, 0.05) is 31.3 Å². The Morgan fingerprint density at radius 3 is 2.00 bits per heavy atom. The van der Waals surface area contributed by atoms with Crippen LogP contribution in [0.5, 0.6) is 0 Å². The minimum Gasteiger partial charge on any atom is -0.374 e. The molecule has 0 fully saturated rings. The average Bonchev–Trinajstić information content (AvgIpc) is 2.64. The van der Waals surface area contributed by atoms with Gasteiger partial charge in [-0.15, -0.1) is 0 Å². The fourth-order valence-corrected chi connectivity index (χ4v) is 2.94. The van der Waals surface area contributed by atoms with Crippen molar-refractivity contribution in [1.82, 2.24) is 10.6 Å². The first kappa shape index (κ1) is 29.6. The van der Waals surface area contributed by atoms with Crippen molar-refractivity contribution < 1.29 is 19.1 Å². The average molecular weight is 441 g/mol. The van der Waals surface area contributed by atoms with Gasteiger partial charge >= 0.3 is 0 Å². The Bertz CT molecular complexity index is 582. The normalized spacial score (nSPS) is 14.5. The number of amides is 2. The van der Waals surface area contributed by atoms with E-state index >= 15 is 0 Å². The summed E-state index contributed by atoms with van der Waals surface area (Å²) in [4.78, 5) is 36.3. The molecule has 0 aromatic carbocycles. The predicted octanol–water partition coefficient (Wildman–Crippen LogP) is 4.51. The number of carbonyl (C=O) groups is 3. The van der Waals surface area contributed by atoms with Crippen LogP contribution in [0.15, 0.2) is 0 Å². The molecule has 0 heterocycles. The minimum absolute atomic E-state index is 0.00474. The molecule has 0 bridgehead atoms. The molecule has 2 unspecified atom stereocenters. The number of Topliss-reactive ketones (excluding diaryl/α,β-unsaturated/α-hetero) is 1. The van der Waals surface area contributed by atoms with Gasteiger partial charge in [0.15, 0.2) is 0 Å². The molecule has 0 saturated carbocycles. The van der Waals surface area contributed by atoms with Crippen LogP contribution in [0.2, 0.25) is 0 Å². The second kappa shape index (κ2) is 13.2. The molecule has 0 spiro atoms. The third-order valence-corrected chi connectivity index (χ3v) is 5.97. The summed E-state index contributed by atoms with van der Waals surface area (Å²) in [5, 5.41) is 5.98. The fourth-order valence-electron chi connectivity index (χ4n) is 2.94. The lowest BCUT2D eigenvalue weighted by Gasteiger charge is -2.32. The quantitative estimate of drug-likeness (QED) is 0.392. The molecule has 0 rings (SSSR count). The van der Waals surface area contributed by atoms with E-state index in [1.807, 2.05) is 41.5 Å². The molecule has 0 saturated heterocycles. The number of ether oxygens (including phenoxy) is 1. The molecular weight excluding hydrogens is 392 g/mol. The Labute approximate surface area is 190 Å². The van der Waals surface area contributed by atoms with Gasteiger partial charge in [-0.1, -0.05) is 34.6 Å². The van der Waals surface area contributed by atoms with Crippen molar-refractivity contribution >= 4 is 17.6 Å². The molecule has 2 amide bonds. The van der Waals surface area contributed by atoms with Crippen LogP contribution in [0.25, 0.3) is 0 Å². The van der Waals surface area contributed by atoms with E-state index in [0.717, 1.165) is 6.42 Å². The third-order valence-electron chi connectivity index (χ3n) is 5.97. The number of carbonyl (C=O) groups excluding carboxylic acids is 3. The zero-order chi connectivity index (χ0) is 24.4. The lowest BCUT2D eigenvalue weighted by molar-refractivity contribution is -0.137. The summed E-state index contributed by atoms with van der Waals surface area (Å²) in [5.41, 5.74) is -1.12. The summed E-state index contributed by atoms with van der Waals surface area (Å²) in [6, 6.07) is 0.120. The maximum atomic E-state index is 12.7. The Hall–Kier alpha value is -1.43. The van der Waals surface area contributed by atoms with Crippen LogP contribution in [0, 0.1) is 23.2 Å². The van der Waals surface area contributed by atoms with Crippen LogP contribution in [0.1, 0.15) is 94.9 Å². The first-order chi connectivity index (χ1) is 14.1. The van der Waals surface area contributed by atoms with Gasteiger partial charge in [0.2, 0.25) is 11.8 Å². The molecule has 0 aliphatic carbocycles. The summed E-state index contributed by atoms with van der Waals surface area (Å²) >= 11 is 0. The van der Waals surface area contributed by atoms with Gasteiger partial charge in [-0.25, -0.2) is 0 Å². The van der Waals surface area contributed by atoms with Gasteiger partial charge in [-0.3, -0.25) is 14.4 Å². The van der Waals surface area contributed by atoms with E-state index in [9.17, 15) is 14.4 Å². The fraction of sp³-hybridized carbons (Fsp3) is 0.880. The maximum absolute atomic E-state index is 12.7. The second-order valence-electron chi connectivity index (χ2n) is 11.0. The van der Waals surface area contributed by atoms with E-state index in [-0.39, 0.29) is 42.4 Å². The highest BCUT2D eigenvalue weighted by atomic mass is 16.5. The molecular formula is C25H48N2O4. The van der Waals surface area contributed by atoms with Gasteiger partial charge in [0.25, 0.3) is 0 Å². The lowest BCUT2D eigenvalue weighted by Crippen LogP contribution is -2.46. The Morgan fingerprint density at radius 2 is 1.48 bits per heavy atom. The van der Waals surface area contributed by atoms with Crippen LogP contribution in [0.4, 0.5) is 0 Å². The molecule has 0 radical (unpaired) electrons. The number of nitrogens with one attached hydrogen (secondary N) is 2. The van der Waals surface area contributed by atoms with Crippen molar-refractivity contribution in [2.45, 2.75) is 107 Å².